The molecule has 2 unspecified atom stereocenters. The predicted molar refractivity (Wildman–Crippen MR) is 98.0 cm³/mol. The number of aliphatic imine (C=N–C) groups is 1. The number of halogens is 1. The summed E-state index contributed by atoms with van der Waals surface area (Å²) in [6.07, 6.45) is 3.86. The zero-order valence-corrected chi connectivity index (χ0v) is 15.6. The average molecular weight is 380 g/mol. The highest BCUT2D eigenvalue weighted by atomic mass is 79.9. The van der Waals surface area contributed by atoms with Gasteiger partial charge in [-0.05, 0) is 42.9 Å². The van der Waals surface area contributed by atoms with Crippen LogP contribution < -0.4 is 5.32 Å². The first-order valence-corrected chi connectivity index (χ1v) is 9.24. The Labute approximate surface area is 147 Å². The highest BCUT2D eigenvalue weighted by Gasteiger charge is 2.39. The second-order valence-electron chi connectivity index (χ2n) is 6.63. The molecule has 0 saturated heterocycles. The maximum Gasteiger partial charge on any atom is 0.193 e. The van der Waals surface area contributed by atoms with Crippen molar-refractivity contribution in [1.82, 2.24) is 10.2 Å². The van der Waals surface area contributed by atoms with Crippen LogP contribution in [0.25, 0.3) is 0 Å². The minimum Gasteiger partial charge on any atom is -0.379 e. The van der Waals surface area contributed by atoms with Gasteiger partial charge >= 0.3 is 0 Å². The van der Waals surface area contributed by atoms with Gasteiger partial charge in [0, 0.05) is 43.7 Å². The number of hydrogen-bond donors (Lipinski definition) is 1. The largest absolute Gasteiger partial charge is 0.379 e. The highest BCUT2D eigenvalue weighted by molar-refractivity contribution is 9.10. The summed E-state index contributed by atoms with van der Waals surface area (Å²) in [6.45, 7) is 2.57. The van der Waals surface area contributed by atoms with Gasteiger partial charge in [-0.15, -0.1) is 0 Å². The Morgan fingerprint density at radius 2 is 2.09 bits per heavy atom. The third kappa shape index (κ3) is 4.95. The van der Waals surface area contributed by atoms with Gasteiger partial charge in [-0.3, -0.25) is 4.99 Å². The van der Waals surface area contributed by atoms with Gasteiger partial charge in [0.2, 0.25) is 0 Å². The Kier molecular flexibility index (Phi) is 5.59. The van der Waals surface area contributed by atoms with E-state index in [9.17, 15) is 0 Å². The molecule has 23 heavy (non-hydrogen) atoms. The lowest BCUT2D eigenvalue weighted by Crippen LogP contribution is -2.42. The number of hydrogen-bond acceptors (Lipinski definition) is 2. The first kappa shape index (κ1) is 16.8. The molecule has 4 nitrogen and oxygen atoms in total. The summed E-state index contributed by atoms with van der Waals surface area (Å²) in [4.78, 5) is 6.56. The number of rotatable bonds is 7. The standard InChI is InChI=1S/C18H26BrN3O/c1-20-18(22(2)9-10-23-12-13-3-4-13)21-17-11-16(17)14-5-7-15(19)8-6-14/h5-8,13,16-17H,3-4,9-12H2,1-2H3,(H,20,21). The first-order chi connectivity index (χ1) is 11.2. The molecule has 2 saturated carbocycles. The molecule has 0 amide bonds. The van der Waals surface area contributed by atoms with Gasteiger partial charge in [0.1, 0.15) is 0 Å². The smallest absolute Gasteiger partial charge is 0.193 e. The van der Waals surface area contributed by atoms with Crippen molar-refractivity contribution >= 4 is 21.9 Å². The monoisotopic (exact) mass is 379 g/mol. The maximum atomic E-state index is 5.72. The van der Waals surface area contributed by atoms with Crippen molar-refractivity contribution in [3.63, 3.8) is 0 Å². The molecule has 126 valence electrons. The Hall–Kier alpha value is -1.07. The fourth-order valence-corrected chi connectivity index (χ4v) is 3.05. The summed E-state index contributed by atoms with van der Waals surface area (Å²) in [5.74, 6) is 2.39. The van der Waals surface area contributed by atoms with E-state index in [4.69, 9.17) is 4.74 Å². The SMILES string of the molecule is CN=C(NC1CC1c1ccc(Br)cc1)N(C)CCOCC1CC1. The zero-order chi connectivity index (χ0) is 16.2. The van der Waals surface area contributed by atoms with Crippen LogP contribution in [-0.2, 0) is 4.74 Å². The van der Waals surface area contributed by atoms with Crippen LogP contribution in [0.15, 0.2) is 33.7 Å². The second-order valence-corrected chi connectivity index (χ2v) is 7.55. The van der Waals surface area contributed by atoms with E-state index in [1.165, 1.54) is 24.8 Å². The Bertz CT molecular complexity index is 542. The van der Waals surface area contributed by atoms with Crippen molar-refractivity contribution in [2.75, 3.05) is 33.9 Å². The van der Waals surface area contributed by atoms with E-state index in [2.05, 4.69) is 62.5 Å². The summed E-state index contributed by atoms with van der Waals surface area (Å²) in [7, 11) is 3.92. The lowest BCUT2D eigenvalue weighted by molar-refractivity contribution is 0.115. The molecule has 0 spiro atoms. The van der Waals surface area contributed by atoms with Crippen molar-refractivity contribution in [3.05, 3.63) is 34.3 Å². The lowest BCUT2D eigenvalue weighted by atomic mass is 10.1. The van der Waals surface area contributed by atoms with Crippen LogP contribution in [-0.4, -0.2) is 50.8 Å². The number of benzene rings is 1. The van der Waals surface area contributed by atoms with Crippen molar-refractivity contribution in [2.24, 2.45) is 10.9 Å². The molecule has 0 radical (unpaired) electrons. The van der Waals surface area contributed by atoms with E-state index < -0.39 is 0 Å². The van der Waals surface area contributed by atoms with E-state index in [1.807, 2.05) is 7.05 Å². The molecule has 3 rings (SSSR count). The fourth-order valence-electron chi connectivity index (χ4n) is 2.79. The normalized spacial score (nSPS) is 23.7. The first-order valence-electron chi connectivity index (χ1n) is 8.45. The van der Waals surface area contributed by atoms with Gasteiger partial charge in [0.25, 0.3) is 0 Å². The van der Waals surface area contributed by atoms with Crippen molar-refractivity contribution in [1.29, 1.82) is 0 Å². The number of likely N-dealkylation sites (N-methyl/N-ethyl adjacent to an activating group) is 1. The van der Waals surface area contributed by atoms with Gasteiger partial charge in [0.15, 0.2) is 5.96 Å². The number of nitrogens with zero attached hydrogens (tertiary/aromatic N) is 2. The van der Waals surface area contributed by atoms with E-state index in [1.54, 1.807) is 0 Å². The number of guanidine groups is 1. The summed E-state index contributed by atoms with van der Waals surface area (Å²) < 4.78 is 6.85. The molecule has 0 heterocycles. The molecular weight excluding hydrogens is 354 g/mol. The minimum absolute atomic E-state index is 0.490. The molecule has 2 aliphatic rings. The van der Waals surface area contributed by atoms with E-state index >= 15 is 0 Å². The van der Waals surface area contributed by atoms with E-state index in [0.717, 1.165) is 36.1 Å². The summed E-state index contributed by atoms with van der Waals surface area (Å²) in [5.41, 5.74) is 1.40. The third-order valence-corrected chi connectivity index (χ3v) is 5.13. The fraction of sp³-hybridized carbons (Fsp3) is 0.611. The van der Waals surface area contributed by atoms with Crippen LogP contribution in [0.3, 0.4) is 0 Å². The highest BCUT2D eigenvalue weighted by Crippen LogP contribution is 2.41. The van der Waals surface area contributed by atoms with Crippen LogP contribution in [0.5, 0.6) is 0 Å². The van der Waals surface area contributed by atoms with Crippen LogP contribution in [0.1, 0.15) is 30.7 Å². The molecule has 2 atom stereocenters. The molecule has 1 N–H and O–H groups in total. The average Bonchev–Trinajstić information content (AvgIpc) is 3.45. The van der Waals surface area contributed by atoms with Crippen molar-refractivity contribution < 1.29 is 4.74 Å². The second kappa shape index (κ2) is 7.67. The minimum atomic E-state index is 0.490. The summed E-state index contributed by atoms with van der Waals surface area (Å²) in [6, 6.07) is 9.12. The zero-order valence-electron chi connectivity index (χ0n) is 14.0. The molecule has 2 fully saturated rings. The van der Waals surface area contributed by atoms with Crippen LogP contribution in [0, 0.1) is 5.92 Å². The molecule has 0 aromatic heterocycles. The van der Waals surface area contributed by atoms with Gasteiger partial charge in [-0.1, -0.05) is 28.1 Å². The lowest BCUT2D eigenvalue weighted by Gasteiger charge is -2.22. The Morgan fingerprint density at radius 3 is 2.74 bits per heavy atom. The Balaban J connectivity index is 1.41. The molecule has 2 aliphatic carbocycles. The maximum absolute atomic E-state index is 5.72. The van der Waals surface area contributed by atoms with Gasteiger partial charge in [0.05, 0.1) is 6.61 Å². The number of nitrogens with one attached hydrogen (secondary N) is 1. The topological polar surface area (TPSA) is 36.9 Å². The van der Waals surface area contributed by atoms with Crippen LogP contribution in [0.2, 0.25) is 0 Å². The van der Waals surface area contributed by atoms with Crippen LogP contribution >= 0.6 is 15.9 Å². The molecule has 5 heteroatoms. The van der Waals surface area contributed by atoms with Crippen molar-refractivity contribution in [3.8, 4) is 0 Å². The van der Waals surface area contributed by atoms with Crippen molar-refractivity contribution in [2.45, 2.75) is 31.2 Å². The van der Waals surface area contributed by atoms with Gasteiger partial charge in [-0.2, -0.15) is 0 Å². The number of ether oxygens (including phenoxy) is 1. The predicted octanol–water partition coefficient (Wildman–Crippen LogP) is 3.24. The van der Waals surface area contributed by atoms with E-state index in [-0.39, 0.29) is 0 Å². The molecule has 1 aromatic carbocycles. The van der Waals surface area contributed by atoms with Crippen LogP contribution in [0.4, 0.5) is 0 Å². The summed E-state index contributed by atoms with van der Waals surface area (Å²) in [5, 5.41) is 3.57. The molecule has 1 aromatic rings. The molecule has 0 aliphatic heterocycles. The summed E-state index contributed by atoms with van der Waals surface area (Å²) >= 11 is 3.49. The Morgan fingerprint density at radius 1 is 1.35 bits per heavy atom. The van der Waals surface area contributed by atoms with Gasteiger partial charge < -0.3 is 15.0 Å². The quantitative estimate of drug-likeness (QED) is 0.448. The molecule has 0 bridgehead atoms. The third-order valence-electron chi connectivity index (χ3n) is 4.60. The molecular formula is C18H26BrN3O. The van der Waals surface area contributed by atoms with Gasteiger partial charge in [-0.25, -0.2) is 0 Å². The van der Waals surface area contributed by atoms with E-state index in [0.29, 0.717) is 12.0 Å².